The standard InChI is InChI=1S/C16H23Br/c1-12-7-8-15(9-13(12)2)11-16(17)10-14-5-3-4-6-14/h7-9,14,16H,3-6,10-11H2,1-2H3. The van der Waals surface area contributed by atoms with Gasteiger partial charge in [0, 0.05) is 4.83 Å². The minimum Gasteiger partial charge on any atom is -0.0887 e. The zero-order valence-electron chi connectivity index (χ0n) is 11.0. The summed E-state index contributed by atoms with van der Waals surface area (Å²) >= 11 is 3.87. The van der Waals surface area contributed by atoms with E-state index < -0.39 is 0 Å². The van der Waals surface area contributed by atoms with Gasteiger partial charge in [0.25, 0.3) is 0 Å². The molecule has 17 heavy (non-hydrogen) atoms. The third-order valence-electron chi connectivity index (χ3n) is 4.09. The number of hydrogen-bond donors (Lipinski definition) is 0. The van der Waals surface area contributed by atoms with Gasteiger partial charge in [-0.25, -0.2) is 0 Å². The lowest BCUT2D eigenvalue weighted by molar-refractivity contribution is 0.495. The van der Waals surface area contributed by atoms with E-state index in [0.717, 1.165) is 5.92 Å². The number of hydrogen-bond acceptors (Lipinski definition) is 0. The Labute approximate surface area is 114 Å². The molecule has 0 aliphatic heterocycles. The molecule has 1 aromatic rings. The molecule has 0 radical (unpaired) electrons. The average Bonchev–Trinajstić information content (AvgIpc) is 2.76. The lowest BCUT2D eigenvalue weighted by Gasteiger charge is -2.15. The van der Waals surface area contributed by atoms with E-state index in [2.05, 4.69) is 48.0 Å². The van der Waals surface area contributed by atoms with Crippen molar-refractivity contribution in [3.63, 3.8) is 0 Å². The number of alkyl halides is 1. The molecule has 0 amide bonds. The third-order valence-corrected chi connectivity index (χ3v) is 4.79. The van der Waals surface area contributed by atoms with Gasteiger partial charge in [0.2, 0.25) is 0 Å². The van der Waals surface area contributed by atoms with Crippen molar-refractivity contribution in [2.24, 2.45) is 5.92 Å². The molecule has 0 aromatic heterocycles. The molecule has 1 saturated carbocycles. The van der Waals surface area contributed by atoms with Crippen LogP contribution in [0.2, 0.25) is 0 Å². The second-order valence-electron chi connectivity index (χ2n) is 5.61. The van der Waals surface area contributed by atoms with Crippen LogP contribution in [0.15, 0.2) is 18.2 Å². The molecule has 0 spiro atoms. The average molecular weight is 295 g/mol. The predicted molar refractivity (Wildman–Crippen MR) is 78.9 cm³/mol. The van der Waals surface area contributed by atoms with Crippen molar-refractivity contribution in [1.29, 1.82) is 0 Å². The van der Waals surface area contributed by atoms with Crippen molar-refractivity contribution < 1.29 is 0 Å². The Morgan fingerprint density at radius 3 is 2.53 bits per heavy atom. The highest BCUT2D eigenvalue weighted by Crippen LogP contribution is 2.31. The molecule has 0 nitrogen and oxygen atoms in total. The summed E-state index contributed by atoms with van der Waals surface area (Å²) in [6.07, 6.45) is 8.34. The number of aryl methyl sites for hydroxylation is 2. The minimum atomic E-state index is 0.660. The third kappa shape index (κ3) is 3.84. The first-order valence-corrected chi connectivity index (χ1v) is 7.77. The van der Waals surface area contributed by atoms with Crippen molar-refractivity contribution >= 4 is 15.9 Å². The van der Waals surface area contributed by atoms with Crippen LogP contribution in [0.25, 0.3) is 0 Å². The van der Waals surface area contributed by atoms with Gasteiger partial charge in [-0.1, -0.05) is 59.8 Å². The predicted octanol–water partition coefficient (Wildman–Crippen LogP) is 5.19. The summed E-state index contributed by atoms with van der Waals surface area (Å²) in [5, 5.41) is 0. The maximum atomic E-state index is 3.87. The van der Waals surface area contributed by atoms with Crippen molar-refractivity contribution in [2.75, 3.05) is 0 Å². The van der Waals surface area contributed by atoms with Gasteiger partial charge in [-0.05, 0) is 49.3 Å². The van der Waals surface area contributed by atoms with Gasteiger partial charge < -0.3 is 0 Å². The Morgan fingerprint density at radius 2 is 1.88 bits per heavy atom. The van der Waals surface area contributed by atoms with Crippen LogP contribution in [0.4, 0.5) is 0 Å². The van der Waals surface area contributed by atoms with Gasteiger partial charge in [0.15, 0.2) is 0 Å². The monoisotopic (exact) mass is 294 g/mol. The Kier molecular flexibility index (Phi) is 4.67. The highest BCUT2D eigenvalue weighted by molar-refractivity contribution is 9.09. The van der Waals surface area contributed by atoms with Crippen LogP contribution in [0.5, 0.6) is 0 Å². The van der Waals surface area contributed by atoms with E-state index in [-0.39, 0.29) is 0 Å². The van der Waals surface area contributed by atoms with Crippen LogP contribution in [-0.4, -0.2) is 4.83 Å². The molecule has 0 saturated heterocycles. The highest BCUT2D eigenvalue weighted by Gasteiger charge is 2.18. The van der Waals surface area contributed by atoms with E-state index in [1.807, 2.05) is 0 Å². The van der Waals surface area contributed by atoms with Gasteiger partial charge in [-0.15, -0.1) is 0 Å². The minimum absolute atomic E-state index is 0.660. The van der Waals surface area contributed by atoms with Gasteiger partial charge in [0.1, 0.15) is 0 Å². The summed E-state index contributed by atoms with van der Waals surface area (Å²) < 4.78 is 0. The molecular formula is C16H23Br. The number of benzene rings is 1. The van der Waals surface area contributed by atoms with Crippen LogP contribution in [0.1, 0.15) is 48.8 Å². The molecule has 1 fully saturated rings. The van der Waals surface area contributed by atoms with Gasteiger partial charge in [0.05, 0.1) is 0 Å². The van der Waals surface area contributed by atoms with E-state index in [0.29, 0.717) is 4.83 Å². The molecule has 1 unspecified atom stereocenters. The second kappa shape index (κ2) is 6.04. The topological polar surface area (TPSA) is 0 Å². The Balaban J connectivity index is 1.88. The SMILES string of the molecule is Cc1ccc(CC(Br)CC2CCCC2)cc1C. The van der Waals surface area contributed by atoms with E-state index in [4.69, 9.17) is 0 Å². The van der Waals surface area contributed by atoms with E-state index >= 15 is 0 Å². The molecule has 1 atom stereocenters. The number of halogens is 1. The van der Waals surface area contributed by atoms with E-state index in [1.54, 1.807) is 0 Å². The van der Waals surface area contributed by atoms with Crippen LogP contribution >= 0.6 is 15.9 Å². The van der Waals surface area contributed by atoms with E-state index in [9.17, 15) is 0 Å². The van der Waals surface area contributed by atoms with Crippen LogP contribution < -0.4 is 0 Å². The van der Waals surface area contributed by atoms with Gasteiger partial charge >= 0.3 is 0 Å². The quantitative estimate of drug-likeness (QED) is 0.671. The van der Waals surface area contributed by atoms with Crippen molar-refractivity contribution in [1.82, 2.24) is 0 Å². The van der Waals surface area contributed by atoms with Crippen LogP contribution in [0.3, 0.4) is 0 Å². The second-order valence-corrected chi connectivity index (χ2v) is 6.90. The summed E-state index contributed by atoms with van der Waals surface area (Å²) in [5.41, 5.74) is 4.30. The molecule has 1 aromatic carbocycles. The zero-order valence-corrected chi connectivity index (χ0v) is 12.6. The lowest BCUT2D eigenvalue weighted by Crippen LogP contribution is -2.08. The summed E-state index contributed by atoms with van der Waals surface area (Å²) in [6, 6.07) is 6.88. The van der Waals surface area contributed by atoms with Crippen LogP contribution in [-0.2, 0) is 6.42 Å². The smallest absolute Gasteiger partial charge is 0.0188 e. The van der Waals surface area contributed by atoms with Crippen molar-refractivity contribution in [2.45, 2.75) is 57.2 Å². The lowest BCUT2D eigenvalue weighted by atomic mass is 9.97. The Hall–Kier alpha value is -0.300. The van der Waals surface area contributed by atoms with Gasteiger partial charge in [-0.3, -0.25) is 0 Å². The zero-order chi connectivity index (χ0) is 12.3. The Bertz CT molecular complexity index is 364. The van der Waals surface area contributed by atoms with E-state index in [1.165, 1.54) is 55.2 Å². The number of rotatable bonds is 4. The molecule has 2 rings (SSSR count). The largest absolute Gasteiger partial charge is 0.0887 e. The van der Waals surface area contributed by atoms with Crippen LogP contribution in [0, 0.1) is 19.8 Å². The summed E-state index contributed by atoms with van der Waals surface area (Å²) in [4.78, 5) is 0.660. The molecule has 1 heteroatoms. The Morgan fingerprint density at radius 1 is 1.18 bits per heavy atom. The molecule has 0 N–H and O–H groups in total. The molecular weight excluding hydrogens is 272 g/mol. The highest BCUT2D eigenvalue weighted by atomic mass is 79.9. The summed E-state index contributed by atoms with van der Waals surface area (Å²) in [5.74, 6) is 0.978. The van der Waals surface area contributed by atoms with Crippen molar-refractivity contribution in [3.05, 3.63) is 34.9 Å². The maximum absolute atomic E-state index is 3.87. The molecule has 0 heterocycles. The first-order valence-electron chi connectivity index (χ1n) is 6.85. The fourth-order valence-electron chi connectivity index (χ4n) is 2.88. The molecule has 1 aliphatic carbocycles. The maximum Gasteiger partial charge on any atom is 0.0188 e. The fourth-order valence-corrected chi connectivity index (χ4v) is 3.78. The van der Waals surface area contributed by atoms with Crippen molar-refractivity contribution in [3.8, 4) is 0 Å². The van der Waals surface area contributed by atoms with Gasteiger partial charge in [-0.2, -0.15) is 0 Å². The normalized spacial score (nSPS) is 18.5. The summed E-state index contributed by atoms with van der Waals surface area (Å²) in [6.45, 7) is 4.39. The molecule has 94 valence electrons. The first-order chi connectivity index (χ1) is 8.15. The summed E-state index contributed by atoms with van der Waals surface area (Å²) in [7, 11) is 0. The fraction of sp³-hybridized carbons (Fsp3) is 0.625. The first kappa shape index (κ1) is 13.1. The molecule has 1 aliphatic rings. The molecule has 0 bridgehead atoms.